The Hall–Kier alpha value is -1.16. The fourth-order valence-corrected chi connectivity index (χ4v) is 2.64. The van der Waals surface area contributed by atoms with Crippen LogP contribution >= 0.6 is 0 Å². The minimum Gasteiger partial charge on any atom is -0.356 e. The highest BCUT2D eigenvalue weighted by molar-refractivity contribution is 5.39. The molecule has 1 aliphatic rings. The molecule has 1 aliphatic heterocycles. The lowest BCUT2D eigenvalue weighted by Gasteiger charge is -2.32. The highest BCUT2D eigenvalue weighted by Gasteiger charge is 2.19. The summed E-state index contributed by atoms with van der Waals surface area (Å²) in [5.41, 5.74) is 6.78. The van der Waals surface area contributed by atoms with E-state index >= 15 is 0 Å². The molecule has 0 amide bonds. The Kier molecular flexibility index (Phi) is 4.93. The lowest BCUT2D eigenvalue weighted by Crippen LogP contribution is -2.34. The van der Waals surface area contributed by atoms with Crippen molar-refractivity contribution >= 4 is 5.82 Å². The number of nitrogens with two attached hydrogens (primary N) is 1. The van der Waals surface area contributed by atoms with E-state index in [0.29, 0.717) is 0 Å². The summed E-state index contributed by atoms with van der Waals surface area (Å²) in [6, 6.07) is 2.15. The van der Waals surface area contributed by atoms with E-state index in [-0.39, 0.29) is 0 Å². The van der Waals surface area contributed by atoms with Gasteiger partial charge in [0.2, 0.25) is 0 Å². The molecule has 100 valence electrons. The summed E-state index contributed by atoms with van der Waals surface area (Å²) in [6.07, 6.45) is 7.52. The van der Waals surface area contributed by atoms with E-state index in [1.54, 1.807) is 6.33 Å². The maximum Gasteiger partial charge on any atom is 0.132 e. The van der Waals surface area contributed by atoms with E-state index in [1.807, 2.05) is 0 Å². The molecule has 4 nitrogen and oxygen atoms in total. The summed E-state index contributed by atoms with van der Waals surface area (Å²) < 4.78 is 0. The third-order valence-electron chi connectivity index (χ3n) is 3.73. The minimum atomic E-state index is 0.809. The first-order chi connectivity index (χ1) is 8.83. The van der Waals surface area contributed by atoms with E-state index in [0.717, 1.165) is 49.9 Å². The second kappa shape index (κ2) is 6.69. The zero-order chi connectivity index (χ0) is 12.8. The average Bonchev–Trinajstić information content (AvgIpc) is 2.41. The van der Waals surface area contributed by atoms with E-state index in [1.165, 1.54) is 19.3 Å². The Morgan fingerprint density at radius 3 is 2.78 bits per heavy atom. The van der Waals surface area contributed by atoms with Gasteiger partial charge in [-0.3, -0.25) is 0 Å². The van der Waals surface area contributed by atoms with E-state index < -0.39 is 0 Å². The monoisotopic (exact) mass is 248 g/mol. The van der Waals surface area contributed by atoms with Crippen molar-refractivity contribution in [2.75, 3.05) is 24.5 Å². The molecule has 2 N–H and O–H groups in total. The lowest BCUT2D eigenvalue weighted by molar-refractivity contribution is 0.385. The Morgan fingerprint density at radius 1 is 1.33 bits per heavy atom. The van der Waals surface area contributed by atoms with Crippen LogP contribution in [0.15, 0.2) is 12.4 Å². The zero-order valence-electron chi connectivity index (χ0n) is 11.3. The van der Waals surface area contributed by atoms with Crippen molar-refractivity contribution in [1.82, 2.24) is 9.97 Å². The van der Waals surface area contributed by atoms with Crippen molar-refractivity contribution in [2.45, 2.75) is 39.0 Å². The quantitative estimate of drug-likeness (QED) is 0.866. The van der Waals surface area contributed by atoms with Crippen molar-refractivity contribution in [2.24, 2.45) is 11.7 Å². The molecule has 0 aliphatic carbocycles. The second-order valence-corrected chi connectivity index (χ2v) is 5.13. The number of piperidine rings is 1. The van der Waals surface area contributed by atoms with Gasteiger partial charge < -0.3 is 10.6 Å². The first-order valence-electron chi connectivity index (χ1n) is 7.09. The fourth-order valence-electron chi connectivity index (χ4n) is 2.64. The van der Waals surface area contributed by atoms with Gasteiger partial charge in [-0.05, 0) is 38.1 Å². The topological polar surface area (TPSA) is 55.0 Å². The molecule has 1 saturated heterocycles. The van der Waals surface area contributed by atoms with Crippen LogP contribution in [0.1, 0.15) is 38.3 Å². The summed E-state index contributed by atoms with van der Waals surface area (Å²) in [5.74, 6) is 1.91. The summed E-state index contributed by atoms with van der Waals surface area (Å²) in [6.45, 7) is 5.21. The van der Waals surface area contributed by atoms with Crippen molar-refractivity contribution in [3.05, 3.63) is 18.1 Å². The number of rotatable bonds is 5. The Morgan fingerprint density at radius 2 is 2.11 bits per heavy atom. The van der Waals surface area contributed by atoms with Gasteiger partial charge in [-0.2, -0.15) is 0 Å². The van der Waals surface area contributed by atoms with Crippen LogP contribution in [0.5, 0.6) is 0 Å². The van der Waals surface area contributed by atoms with Gasteiger partial charge in [0.15, 0.2) is 0 Å². The molecule has 0 unspecified atom stereocenters. The smallest absolute Gasteiger partial charge is 0.132 e. The molecule has 0 atom stereocenters. The number of aromatic nitrogens is 2. The molecular weight excluding hydrogens is 224 g/mol. The molecule has 0 saturated carbocycles. The second-order valence-electron chi connectivity index (χ2n) is 5.13. The molecule has 1 fully saturated rings. The third kappa shape index (κ3) is 3.42. The largest absolute Gasteiger partial charge is 0.356 e. The van der Waals surface area contributed by atoms with Gasteiger partial charge in [0.1, 0.15) is 12.1 Å². The number of aryl methyl sites for hydroxylation is 1. The van der Waals surface area contributed by atoms with Crippen molar-refractivity contribution in [3.63, 3.8) is 0 Å². The maximum absolute atomic E-state index is 5.62. The van der Waals surface area contributed by atoms with Crippen LogP contribution in [0, 0.1) is 5.92 Å². The van der Waals surface area contributed by atoms with E-state index in [2.05, 4.69) is 27.9 Å². The van der Waals surface area contributed by atoms with Gasteiger partial charge in [0.05, 0.1) is 0 Å². The van der Waals surface area contributed by atoms with E-state index in [9.17, 15) is 0 Å². The zero-order valence-corrected chi connectivity index (χ0v) is 11.3. The van der Waals surface area contributed by atoms with Gasteiger partial charge in [-0.1, -0.05) is 13.3 Å². The minimum absolute atomic E-state index is 0.809. The number of anilines is 1. The predicted molar refractivity (Wildman–Crippen MR) is 74.6 cm³/mol. The average molecular weight is 248 g/mol. The van der Waals surface area contributed by atoms with Crippen LogP contribution in [0.2, 0.25) is 0 Å². The van der Waals surface area contributed by atoms with Crippen LogP contribution in [-0.2, 0) is 6.42 Å². The summed E-state index contributed by atoms with van der Waals surface area (Å²) >= 11 is 0. The van der Waals surface area contributed by atoms with Crippen LogP contribution in [-0.4, -0.2) is 29.6 Å². The number of hydrogen-bond acceptors (Lipinski definition) is 4. The Balaban J connectivity index is 1.94. The highest BCUT2D eigenvalue weighted by Crippen LogP contribution is 2.23. The van der Waals surface area contributed by atoms with Crippen LogP contribution in [0.25, 0.3) is 0 Å². The Bertz CT molecular complexity index is 359. The van der Waals surface area contributed by atoms with Crippen molar-refractivity contribution in [1.29, 1.82) is 0 Å². The molecule has 0 aromatic carbocycles. The normalized spacial score (nSPS) is 17.1. The van der Waals surface area contributed by atoms with Gasteiger partial charge >= 0.3 is 0 Å². The number of nitrogens with zero attached hydrogens (tertiary/aromatic N) is 3. The van der Waals surface area contributed by atoms with Crippen molar-refractivity contribution in [3.8, 4) is 0 Å². The number of hydrogen-bond donors (Lipinski definition) is 1. The molecule has 4 heteroatoms. The van der Waals surface area contributed by atoms with Crippen LogP contribution in [0.4, 0.5) is 5.82 Å². The van der Waals surface area contributed by atoms with Gasteiger partial charge in [-0.25, -0.2) is 9.97 Å². The molecule has 0 spiro atoms. The molecular formula is C14H24N4. The summed E-state index contributed by atoms with van der Waals surface area (Å²) in [4.78, 5) is 11.1. The van der Waals surface area contributed by atoms with Crippen LogP contribution < -0.4 is 10.6 Å². The predicted octanol–water partition coefficient (Wildman–Crippen LogP) is 1.99. The van der Waals surface area contributed by atoms with Crippen molar-refractivity contribution < 1.29 is 0 Å². The lowest BCUT2D eigenvalue weighted by atomic mass is 9.93. The molecule has 0 radical (unpaired) electrons. The third-order valence-corrected chi connectivity index (χ3v) is 3.73. The standard InChI is InChI=1S/C14H24N4/c1-2-3-13-10-14(17-11-16-13)18-8-5-12(4-7-15)6-9-18/h10-12H,2-9,15H2,1H3. The summed E-state index contributed by atoms with van der Waals surface area (Å²) in [7, 11) is 0. The SMILES string of the molecule is CCCc1cc(N2CCC(CCN)CC2)ncn1. The first kappa shape index (κ1) is 13.3. The van der Waals surface area contributed by atoms with Gasteiger partial charge in [0.25, 0.3) is 0 Å². The highest BCUT2D eigenvalue weighted by atomic mass is 15.2. The van der Waals surface area contributed by atoms with Gasteiger partial charge in [-0.15, -0.1) is 0 Å². The molecule has 1 aromatic rings. The van der Waals surface area contributed by atoms with Gasteiger partial charge in [0, 0.05) is 24.8 Å². The maximum atomic E-state index is 5.62. The first-order valence-corrected chi connectivity index (χ1v) is 7.09. The molecule has 1 aromatic heterocycles. The fraction of sp³-hybridized carbons (Fsp3) is 0.714. The van der Waals surface area contributed by atoms with E-state index in [4.69, 9.17) is 5.73 Å². The molecule has 2 rings (SSSR count). The molecule has 0 bridgehead atoms. The molecule has 2 heterocycles. The summed E-state index contributed by atoms with van der Waals surface area (Å²) in [5, 5.41) is 0. The molecule has 18 heavy (non-hydrogen) atoms. The Labute approximate surface area is 110 Å². The van der Waals surface area contributed by atoms with Crippen LogP contribution in [0.3, 0.4) is 0 Å².